The number of ether oxygens (including phenoxy) is 1. The second kappa shape index (κ2) is 5.09. The predicted octanol–water partition coefficient (Wildman–Crippen LogP) is 2.54. The standard InChI is InChI=1S/C16H22N2O2/c1-11(2)16(5-6-16)10-17-8-12-3-4-14-13(7-12)18-15(19)9-20-14/h3-4,7,11,17H,5-6,8-10H2,1-2H3,(H,18,19). The van der Waals surface area contributed by atoms with Gasteiger partial charge < -0.3 is 15.4 Å². The van der Waals surface area contributed by atoms with Crippen molar-refractivity contribution in [2.24, 2.45) is 11.3 Å². The van der Waals surface area contributed by atoms with E-state index in [4.69, 9.17) is 4.74 Å². The van der Waals surface area contributed by atoms with Crippen molar-refractivity contribution in [1.82, 2.24) is 5.32 Å². The van der Waals surface area contributed by atoms with Crippen LogP contribution in [0.4, 0.5) is 5.69 Å². The zero-order chi connectivity index (χ0) is 14.2. The number of hydrogen-bond donors (Lipinski definition) is 2. The number of carbonyl (C=O) groups is 1. The summed E-state index contributed by atoms with van der Waals surface area (Å²) in [4.78, 5) is 11.3. The third kappa shape index (κ3) is 2.66. The van der Waals surface area contributed by atoms with Crippen LogP contribution in [-0.4, -0.2) is 19.1 Å². The summed E-state index contributed by atoms with van der Waals surface area (Å²) < 4.78 is 5.36. The van der Waals surface area contributed by atoms with Gasteiger partial charge in [0.2, 0.25) is 0 Å². The van der Waals surface area contributed by atoms with E-state index < -0.39 is 0 Å². The molecule has 3 rings (SSSR count). The number of carbonyl (C=O) groups excluding carboxylic acids is 1. The summed E-state index contributed by atoms with van der Waals surface area (Å²) in [7, 11) is 0. The van der Waals surface area contributed by atoms with Crippen LogP contribution in [0.3, 0.4) is 0 Å². The largest absolute Gasteiger partial charge is 0.482 e. The van der Waals surface area contributed by atoms with Gasteiger partial charge in [0.1, 0.15) is 5.75 Å². The summed E-state index contributed by atoms with van der Waals surface area (Å²) >= 11 is 0. The molecule has 1 aromatic rings. The van der Waals surface area contributed by atoms with Crippen LogP contribution in [0.2, 0.25) is 0 Å². The van der Waals surface area contributed by atoms with Crippen molar-refractivity contribution in [3.63, 3.8) is 0 Å². The molecule has 1 amide bonds. The molecule has 0 radical (unpaired) electrons. The number of hydrogen-bond acceptors (Lipinski definition) is 3. The smallest absolute Gasteiger partial charge is 0.262 e. The van der Waals surface area contributed by atoms with E-state index in [0.29, 0.717) is 5.41 Å². The lowest BCUT2D eigenvalue weighted by Crippen LogP contribution is -2.28. The number of fused-ring (bicyclic) bond motifs is 1. The quantitative estimate of drug-likeness (QED) is 0.867. The van der Waals surface area contributed by atoms with E-state index in [9.17, 15) is 4.79 Å². The molecule has 0 unspecified atom stereocenters. The Balaban J connectivity index is 1.58. The molecule has 0 saturated heterocycles. The monoisotopic (exact) mass is 274 g/mol. The van der Waals surface area contributed by atoms with Gasteiger partial charge in [0, 0.05) is 13.1 Å². The van der Waals surface area contributed by atoms with Crippen molar-refractivity contribution < 1.29 is 9.53 Å². The van der Waals surface area contributed by atoms with Crippen LogP contribution < -0.4 is 15.4 Å². The highest BCUT2D eigenvalue weighted by atomic mass is 16.5. The van der Waals surface area contributed by atoms with Gasteiger partial charge in [-0.15, -0.1) is 0 Å². The average Bonchev–Trinajstić information content (AvgIpc) is 3.19. The molecule has 0 spiro atoms. The summed E-state index contributed by atoms with van der Waals surface area (Å²) in [5.41, 5.74) is 2.48. The number of anilines is 1. The molecule has 2 N–H and O–H groups in total. The molecule has 1 aliphatic heterocycles. The highest BCUT2D eigenvalue weighted by Crippen LogP contribution is 2.51. The summed E-state index contributed by atoms with van der Waals surface area (Å²) in [6.07, 6.45) is 2.68. The highest BCUT2D eigenvalue weighted by Gasteiger charge is 2.44. The van der Waals surface area contributed by atoms with E-state index in [1.807, 2.05) is 12.1 Å². The van der Waals surface area contributed by atoms with Crippen molar-refractivity contribution >= 4 is 11.6 Å². The average molecular weight is 274 g/mol. The van der Waals surface area contributed by atoms with Crippen LogP contribution in [0.15, 0.2) is 18.2 Å². The number of rotatable bonds is 5. The van der Waals surface area contributed by atoms with E-state index >= 15 is 0 Å². The van der Waals surface area contributed by atoms with Crippen molar-refractivity contribution in [1.29, 1.82) is 0 Å². The van der Waals surface area contributed by atoms with Gasteiger partial charge in [-0.05, 0) is 41.9 Å². The summed E-state index contributed by atoms with van der Waals surface area (Å²) in [5.74, 6) is 1.42. The molecule has 0 bridgehead atoms. The van der Waals surface area contributed by atoms with E-state index in [1.54, 1.807) is 0 Å². The fourth-order valence-electron chi connectivity index (χ4n) is 2.81. The van der Waals surface area contributed by atoms with Crippen LogP contribution in [-0.2, 0) is 11.3 Å². The Bertz CT molecular complexity index is 521. The van der Waals surface area contributed by atoms with E-state index in [-0.39, 0.29) is 12.5 Å². The van der Waals surface area contributed by atoms with Crippen molar-refractivity contribution in [3.05, 3.63) is 23.8 Å². The Morgan fingerprint density at radius 3 is 2.90 bits per heavy atom. The Kier molecular flexibility index (Phi) is 3.42. The zero-order valence-corrected chi connectivity index (χ0v) is 12.2. The van der Waals surface area contributed by atoms with Gasteiger partial charge in [0.15, 0.2) is 6.61 Å². The highest BCUT2D eigenvalue weighted by molar-refractivity contribution is 5.95. The summed E-state index contributed by atoms with van der Waals surface area (Å²) in [6, 6.07) is 5.98. The van der Waals surface area contributed by atoms with Crippen LogP contribution in [0.1, 0.15) is 32.3 Å². The first-order valence-corrected chi connectivity index (χ1v) is 7.35. The van der Waals surface area contributed by atoms with Gasteiger partial charge >= 0.3 is 0 Å². The molecule has 1 heterocycles. The van der Waals surface area contributed by atoms with Gasteiger partial charge in [-0.25, -0.2) is 0 Å². The van der Waals surface area contributed by atoms with Crippen molar-refractivity contribution in [3.8, 4) is 5.75 Å². The number of benzene rings is 1. The maximum Gasteiger partial charge on any atom is 0.262 e. The fraction of sp³-hybridized carbons (Fsp3) is 0.562. The number of amides is 1. The van der Waals surface area contributed by atoms with E-state index in [1.165, 1.54) is 18.4 Å². The second-order valence-electron chi connectivity index (χ2n) is 6.29. The molecule has 1 fully saturated rings. The minimum absolute atomic E-state index is 0.0839. The van der Waals surface area contributed by atoms with Gasteiger partial charge in [0.05, 0.1) is 5.69 Å². The van der Waals surface area contributed by atoms with Crippen LogP contribution in [0.5, 0.6) is 5.75 Å². The maximum atomic E-state index is 11.3. The van der Waals surface area contributed by atoms with Gasteiger partial charge in [-0.3, -0.25) is 4.79 Å². The van der Waals surface area contributed by atoms with Crippen LogP contribution >= 0.6 is 0 Å². The lowest BCUT2D eigenvalue weighted by atomic mass is 9.92. The third-order valence-electron chi connectivity index (χ3n) is 4.60. The molecule has 108 valence electrons. The Morgan fingerprint density at radius 1 is 1.40 bits per heavy atom. The van der Waals surface area contributed by atoms with Crippen molar-refractivity contribution in [2.45, 2.75) is 33.2 Å². The zero-order valence-electron chi connectivity index (χ0n) is 12.2. The van der Waals surface area contributed by atoms with E-state index in [2.05, 4.69) is 30.5 Å². The van der Waals surface area contributed by atoms with Gasteiger partial charge in [0.25, 0.3) is 5.91 Å². The molecule has 0 aromatic heterocycles. The normalized spacial score (nSPS) is 19.2. The fourth-order valence-corrected chi connectivity index (χ4v) is 2.81. The minimum Gasteiger partial charge on any atom is -0.482 e. The first kappa shape index (κ1) is 13.4. The molecule has 1 aliphatic carbocycles. The molecule has 2 aliphatic rings. The van der Waals surface area contributed by atoms with Gasteiger partial charge in [-0.2, -0.15) is 0 Å². The first-order valence-electron chi connectivity index (χ1n) is 7.35. The van der Waals surface area contributed by atoms with Crippen molar-refractivity contribution in [2.75, 3.05) is 18.5 Å². The molecule has 0 atom stereocenters. The third-order valence-corrected chi connectivity index (χ3v) is 4.60. The molecule has 20 heavy (non-hydrogen) atoms. The lowest BCUT2D eigenvalue weighted by molar-refractivity contribution is -0.118. The topological polar surface area (TPSA) is 50.4 Å². The molecule has 4 nitrogen and oxygen atoms in total. The SMILES string of the molecule is CC(C)C1(CNCc2ccc3c(c2)NC(=O)CO3)CC1. The molecule has 4 heteroatoms. The van der Waals surface area contributed by atoms with Crippen LogP contribution in [0, 0.1) is 11.3 Å². The number of nitrogens with one attached hydrogen (secondary N) is 2. The Morgan fingerprint density at radius 2 is 2.20 bits per heavy atom. The minimum atomic E-state index is -0.0839. The Labute approximate surface area is 119 Å². The molecular weight excluding hydrogens is 252 g/mol. The first-order chi connectivity index (χ1) is 9.59. The predicted molar refractivity (Wildman–Crippen MR) is 78.8 cm³/mol. The van der Waals surface area contributed by atoms with Gasteiger partial charge in [-0.1, -0.05) is 19.9 Å². The van der Waals surface area contributed by atoms with Crippen LogP contribution in [0.25, 0.3) is 0 Å². The molecular formula is C16H22N2O2. The molecule has 1 saturated carbocycles. The summed E-state index contributed by atoms with van der Waals surface area (Å²) in [6.45, 7) is 6.63. The summed E-state index contributed by atoms with van der Waals surface area (Å²) in [5, 5.41) is 6.40. The molecule has 1 aromatic carbocycles. The second-order valence-corrected chi connectivity index (χ2v) is 6.29. The Hall–Kier alpha value is -1.55. The van der Waals surface area contributed by atoms with E-state index in [0.717, 1.165) is 30.4 Å². The maximum absolute atomic E-state index is 11.3. The lowest BCUT2D eigenvalue weighted by Gasteiger charge is -2.21.